The first-order valence-corrected chi connectivity index (χ1v) is 1.95. The smallest absolute Gasteiger partial charge is 0.202 e. The van der Waals surface area contributed by atoms with Crippen LogP contribution in [-0.2, 0) is 4.79 Å². The second-order valence-corrected chi connectivity index (χ2v) is 0.962. The van der Waals surface area contributed by atoms with Crippen LogP contribution in [0.1, 0.15) is 6.42 Å². The third-order valence-corrected chi connectivity index (χ3v) is 0.468. The van der Waals surface area contributed by atoms with Crippen molar-refractivity contribution in [1.82, 2.24) is 0 Å². The summed E-state index contributed by atoms with van der Waals surface area (Å²) in [7, 11) is 0. The zero-order chi connectivity index (χ0) is 4.83. The molecule has 0 saturated carbocycles. The highest BCUT2D eigenvalue weighted by molar-refractivity contribution is 6.25. The van der Waals surface area contributed by atoms with Crippen LogP contribution in [0.3, 0.4) is 0 Å². The highest BCUT2D eigenvalue weighted by atomic mass is 35.5. The maximum atomic E-state index is 9.33. The maximum Gasteiger partial charge on any atom is 0.202 e. The third-order valence-electron chi connectivity index (χ3n) is 0.290. The van der Waals surface area contributed by atoms with E-state index in [-0.39, 0.29) is 0 Å². The number of carbonyl (C=O) groups excluding carboxylic acids is 1. The first-order chi connectivity index (χ1) is 2.91. The fourth-order valence-corrected chi connectivity index (χ4v) is 0.182. The molecule has 0 spiro atoms. The lowest BCUT2D eigenvalue weighted by Gasteiger charge is -1.62. The quantitative estimate of drug-likeness (QED) is 0.514. The van der Waals surface area contributed by atoms with Gasteiger partial charge in [0.05, 0.1) is 0 Å². The minimum Gasteiger partial charge on any atom is -0.291 e. The van der Waals surface area contributed by atoms with Gasteiger partial charge in [-0.2, -0.15) is 0 Å². The summed E-state index contributed by atoms with van der Waals surface area (Å²) >= 11 is 5.02. The van der Waals surface area contributed by atoms with Crippen LogP contribution in [0.2, 0.25) is 0 Å². The molecule has 0 heterocycles. The lowest BCUT2D eigenvalue weighted by atomic mass is 10.5. The molecular formula is C4H4ClO. The van der Waals surface area contributed by atoms with E-state index < -0.39 is 0 Å². The van der Waals surface area contributed by atoms with Crippen molar-refractivity contribution in [2.75, 3.05) is 0 Å². The minimum atomic E-state index is 0.295. The molecule has 0 aromatic heterocycles. The van der Waals surface area contributed by atoms with E-state index in [0.717, 1.165) is 0 Å². The van der Waals surface area contributed by atoms with Gasteiger partial charge in [0.15, 0.2) is 0 Å². The lowest BCUT2D eigenvalue weighted by molar-refractivity contribution is 0.556. The molecule has 0 aromatic rings. The highest BCUT2D eigenvalue weighted by Crippen LogP contribution is 1.78. The molecule has 33 valence electrons. The molecule has 0 fully saturated rings. The monoisotopic (exact) mass is 103 g/mol. The second-order valence-electron chi connectivity index (χ2n) is 0.710. The predicted octanol–water partition coefficient (Wildman–Crippen LogP) is 1.24. The van der Waals surface area contributed by atoms with Gasteiger partial charge in [-0.25, -0.2) is 0 Å². The summed E-state index contributed by atoms with van der Waals surface area (Å²) in [5.41, 5.74) is 1.30. The summed E-state index contributed by atoms with van der Waals surface area (Å²) in [5.74, 6) is 0. The molecule has 0 saturated heterocycles. The van der Waals surface area contributed by atoms with Gasteiger partial charge in [0.25, 0.3) is 0 Å². The van der Waals surface area contributed by atoms with Gasteiger partial charge < -0.3 is 0 Å². The van der Waals surface area contributed by atoms with Crippen molar-refractivity contribution in [1.29, 1.82) is 0 Å². The molecule has 0 unspecified atom stereocenters. The van der Waals surface area contributed by atoms with Crippen molar-refractivity contribution in [3.05, 3.63) is 11.6 Å². The average Bonchev–Trinajstić information content (AvgIpc) is 1.61. The van der Waals surface area contributed by atoms with Crippen molar-refractivity contribution < 1.29 is 4.79 Å². The number of allylic oxidation sites excluding steroid dienone is 1. The Morgan fingerprint density at radius 1 is 1.83 bits per heavy atom. The molecule has 1 nitrogen and oxygen atoms in total. The number of hydrogen-bond acceptors (Lipinski definition) is 1. The highest BCUT2D eigenvalue weighted by Gasteiger charge is 1.66. The Bertz CT molecular complexity index is 58.6. The molecule has 0 N–H and O–H groups in total. The summed E-state index contributed by atoms with van der Waals surface area (Å²) in [4.78, 5) is 9.33. The SMILES string of the molecule is O=[C]CC=CCl. The number of rotatable bonds is 2. The summed E-state index contributed by atoms with van der Waals surface area (Å²) in [5, 5.41) is 0. The van der Waals surface area contributed by atoms with Crippen LogP contribution < -0.4 is 0 Å². The largest absolute Gasteiger partial charge is 0.291 e. The molecular weight excluding hydrogens is 99.5 g/mol. The molecule has 0 aliphatic rings. The number of hydrogen-bond donors (Lipinski definition) is 0. The van der Waals surface area contributed by atoms with E-state index >= 15 is 0 Å². The van der Waals surface area contributed by atoms with Gasteiger partial charge in [0.1, 0.15) is 0 Å². The minimum absolute atomic E-state index is 0.295. The molecule has 0 aliphatic carbocycles. The Morgan fingerprint density at radius 2 is 2.50 bits per heavy atom. The van der Waals surface area contributed by atoms with Crippen molar-refractivity contribution in [3.8, 4) is 0 Å². The van der Waals surface area contributed by atoms with Crippen LogP contribution in [-0.4, -0.2) is 6.29 Å². The standard InChI is InChI=1S/C4H4ClO/c5-3-1-2-4-6/h1,3H,2H2. The zero-order valence-electron chi connectivity index (χ0n) is 3.15. The van der Waals surface area contributed by atoms with E-state index in [2.05, 4.69) is 0 Å². The van der Waals surface area contributed by atoms with Crippen molar-refractivity contribution in [3.63, 3.8) is 0 Å². The number of halogens is 1. The first kappa shape index (κ1) is 5.70. The zero-order valence-corrected chi connectivity index (χ0v) is 3.90. The van der Waals surface area contributed by atoms with E-state index in [4.69, 9.17) is 11.6 Å². The van der Waals surface area contributed by atoms with Crippen molar-refractivity contribution >= 4 is 17.9 Å². The van der Waals surface area contributed by atoms with Gasteiger partial charge in [0.2, 0.25) is 6.29 Å². The van der Waals surface area contributed by atoms with E-state index in [9.17, 15) is 4.79 Å². The first-order valence-electron chi connectivity index (χ1n) is 1.52. The van der Waals surface area contributed by atoms with Gasteiger partial charge in [-0.3, -0.25) is 4.79 Å². The van der Waals surface area contributed by atoms with Crippen LogP contribution >= 0.6 is 11.6 Å². The van der Waals surface area contributed by atoms with Crippen molar-refractivity contribution in [2.45, 2.75) is 6.42 Å². The van der Waals surface area contributed by atoms with E-state index in [1.54, 1.807) is 6.29 Å². The summed E-state index contributed by atoms with van der Waals surface area (Å²) in [6.45, 7) is 0. The van der Waals surface area contributed by atoms with E-state index in [1.807, 2.05) is 0 Å². The lowest BCUT2D eigenvalue weighted by Crippen LogP contribution is -1.60. The third kappa shape index (κ3) is 3.70. The van der Waals surface area contributed by atoms with Gasteiger partial charge in [-0.1, -0.05) is 17.7 Å². The Kier molecular flexibility index (Phi) is 4.47. The molecule has 1 radical (unpaired) electrons. The van der Waals surface area contributed by atoms with Crippen LogP contribution in [0.15, 0.2) is 11.6 Å². The van der Waals surface area contributed by atoms with Crippen molar-refractivity contribution in [2.24, 2.45) is 0 Å². The molecule has 6 heavy (non-hydrogen) atoms. The van der Waals surface area contributed by atoms with Crippen LogP contribution in [0.5, 0.6) is 0 Å². The van der Waals surface area contributed by atoms with E-state index in [1.165, 1.54) is 11.6 Å². The van der Waals surface area contributed by atoms with Crippen LogP contribution in [0, 0.1) is 0 Å². The molecule has 2 heteroatoms. The normalized spacial score (nSPS) is 9.50. The summed E-state index contributed by atoms with van der Waals surface area (Å²) in [6.07, 6.45) is 3.46. The fraction of sp³-hybridized carbons (Fsp3) is 0.250. The Labute approximate surface area is 41.6 Å². The van der Waals surface area contributed by atoms with Gasteiger partial charge in [0, 0.05) is 12.0 Å². The van der Waals surface area contributed by atoms with Crippen LogP contribution in [0.4, 0.5) is 0 Å². The Balaban J connectivity index is 2.85. The van der Waals surface area contributed by atoms with Gasteiger partial charge in [-0.15, -0.1) is 0 Å². The Morgan fingerprint density at radius 3 is 2.67 bits per heavy atom. The Hall–Kier alpha value is -0.300. The summed E-state index contributed by atoms with van der Waals surface area (Å²) in [6, 6.07) is 0. The van der Waals surface area contributed by atoms with Gasteiger partial charge >= 0.3 is 0 Å². The average molecular weight is 104 g/mol. The molecule has 0 aliphatic heterocycles. The molecule has 0 bridgehead atoms. The van der Waals surface area contributed by atoms with E-state index in [0.29, 0.717) is 6.42 Å². The fourth-order valence-electron chi connectivity index (χ4n) is 0.0927. The molecule has 0 aromatic carbocycles. The second kappa shape index (κ2) is 4.70. The summed E-state index contributed by atoms with van der Waals surface area (Å²) < 4.78 is 0. The molecule has 0 atom stereocenters. The maximum absolute atomic E-state index is 9.33. The molecule has 0 amide bonds. The topological polar surface area (TPSA) is 17.1 Å². The van der Waals surface area contributed by atoms with Gasteiger partial charge in [-0.05, 0) is 0 Å². The predicted molar refractivity (Wildman–Crippen MR) is 25.3 cm³/mol. The molecule has 0 rings (SSSR count). The van der Waals surface area contributed by atoms with Crippen LogP contribution in [0.25, 0.3) is 0 Å².